The molecule has 0 saturated carbocycles. The van der Waals surface area contributed by atoms with Gasteiger partial charge < -0.3 is 5.11 Å². The molecule has 0 amide bonds. The van der Waals surface area contributed by atoms with E-state index in [1.54, 1.807) is 0 Å². The average Bonchev–Trinajstić information content (AvgIpc) is 2.84. The number of aliphatic hydroxyl groups is 1. The maximum absolute atomic E-state index is 11.8. The topological polar surface area (TPSA) is 74.6 Å². The molecule has 0 aliphatic heterocycles. The Kier molecular flexibility index (Phi) is 3.70. The summed E-state index contributed by atoms with van der Waals surface area (Å²) in [5, 5.41) is 14.5. The van der Waals surface area contributed by atoms with E-state index < -0.39 is 0 Å². The summed E-state index contributed by atoms with van der Waals surface area (Å²) in [6, 6.07) is 7.81. The highest BCUT2D eigenvalue weighted by atomic mass is 32.1. The van der Waals surface area contributed by atoms with Gasteiger partial charge in [0.1, 0.15) is 5.76 Å². The SMILES string of the molecule is CC1CC(=O)C(/C=N/Nc2nc3ccccc3s2)=C(O)C1. The molecule has 1 aromatic heterocycles. The lowest BCUT2D eigenvalue weighted by Gasteiger charge is -2.17. The molecule has 1 aliphatic carbocycles. The molecule has 2 N–H and O–H groups in total. The van der Waals surface area contributed by atoms with Crippen LogP contribution in [0.1, 0.15) is 19.8 Å². The second kappa shape index (κ2) is 5.65. The molecule has 1 aliphatic rings. The molecule has 1 atom stereocenters. The fraction of sp³-hybridized carbons (Fsp3) is 0.267. The molecule has 6 heteroatoms. The van der Waals surface area contributed by atoms with E-state index in [1.807, 2.05) is 31.2 Å². The Hall–Kier alpha value is -2.21. The van der Waals surface area contributed by atoms with Gasteiger partial charge in [0, 0.05) is 12.8 Å². The standard InChI is InChI=1S/C15H15N3O2S/c1-9-6-12(19)10(13(20)7-9)8-16-18-15-17-11-4-2-3-5-14(11)21-15/h2-5,8-9,19H,6-7H2,1H3,(H,17,18)/b16-8+. The second-order valence-electron chi connectivity index (χ2n) is 5.15. The van der Waals surface area contributed by atoms with Crippen molar-refractivity contribution in [3.05, 3.63) is 35.6 Å². The van der Waals surface area contributed by atoms with Gasteiger partial charge in [-0.05, 0) is 18.1 Å². The number of hydrazone groups is 1. The van der Waals surface area contributed by atoms with Crippen LogP contribution in [0.2, 0.25) is 0 Å². The molecule has 1 unspecified atom stereocenters. The molecule has 2 aromatic rings. The normalized spacial score (nSPS) is 19.7. The number of hydrogen-bond acceptors (Lipinski definition) is 6. The van der Waals surface area contributed by atoms with Crippen LogP contribution in [0.25, 0.3) is 10.2 Å². The lowest BCUT2D eigenvalue weighted by molar-refractivity contribution is -0.116. The Morgan fingerprint density at radius 2 is 2.24 bits per heavy atom. The molecule has 0 fully saturated rings. The molecular weight excluding hydrogens is 286 g/mol. The van der Waals surface area contributed by atoms with Crippen LogP contribution >= 0.6 is 11.3 Å². The summed E-state index contributed by atoms with van der Waals surface area (Å²) in [5.74, 6) is 0.238. The Labute approximate surface area is 126 Å². The molecule has 0 bridgehead atoms. The third-order valence-electron chi connectivity index (χ3n) is 3.33. The summed E-state index contributed by atoms with van der Waals surface area (Å²) in [6.07, 6.45) is 2.36. The molecular formula is C15H15N3O2S. The van der Waals surface area contributed by atoms with E-state index in [0.717, 1.165) is 10.2 Å². The van der Waals surface area contributed by atoms with Gasteiger partial charge in [-0.2, -0.15) is 5.10 Å². The van der Waals surface area contributed by atoms with Crippen LogP contribution in [0.4, 0.5) is 5.13 Å². The molecule has 1 heterocycles. The fourth-order valence-corrected chi connectivity index (χ4v) is 3.13. The number of Topliss-reactive ketones (excluding diaryl/α,β-unsaturated/α-hetero) is 1. The van der Waals surface area contributed by atoms with Crippen LogP contribution in [0.5, 0.6) is 0 Å². The van der Waals surface area contributed by atoms with Crippen molar-refractivity contribution in [1.82, 2.24) is 4.98 Å². The number of carbonyl (C=O) groups is 1. The molecule has 108 valence electrons. The van der Waals surface area contributed by atoms with Crippen LogP contribution in [0.15, 0.2) is 40.7 Å². The molecule has 5 nitrogen and oxygen atoms in total. The first-order valence-corrected chi connectivity index (χ1v) is 7.55. The van der Waals surface area contributed by atoms with E-state index in [0.29, 0.717) is 23.5 Å². The number of benzene rings is 1. The summed E-state index contributed by atoms with van der Waals surface area (Å²) >= 11 is 1.49. The third-order valence-corrected chi connectivity index (χ3v) is 4.28. The third kappa shape index (κ3) is 2.95. The number of rotatable bonds is 3. The Morgan fingerprint density at radius 3 is 3.00 bits per heavy atom. The van der Waals surface area contributed by atoms with E-state index in [-0.39, 0.29) is 17.5 Å². The molecule has 3 rings (SSSR count). The van der Waals surface area contributed by atoms with Crippen molar-refractivity contribution in [3.63, 3.8) is 0 Å². The van der Waals surface area contributed by atoms with E-state index in [4.69, 9.17) is 0 Å². The van der Waals surface area contributed by atoms with Crippen LogP contribution in [-0.2, 0) is 4.79 Å². The van der Waals surface area contributed by atoms with Crippen LogP contribution in [-0.4, -0.2) is 22.1 Å². The Bertz CT molecular complexity index is 715. The maximum Gasteiger partial charge on any atom is 0.204 e. The largest absolute Gasteiger partial charge is 0.511 e. The van der Waals surface area contributed by atoms with Crippen molar-refractivity contribution < 1.29 is 9.90 Å². The van der Waals surface area contributed by atoms with E-state index in [1.165, 1.54) is 17.6 Å². The van der Waals surface area contributed by atoms with Crippen LogP contribution in [0, 0.1) is 5.92 Å². The number of aromatic nitrogens is 1. The Morgan fingerprint density at radius 1 is 1.43 bits per heavy atom. The first-order chi connectivity index (χ1) is 10.1. The van der Waals surface area contributed by atoms with Gasteiger partial charge in [-0.3, -0.25) is 10.2 Å². The monoisotopic (exact) mass is 301 g/mol. The molecule has 0 radical (unpaired) electrons. The highest BCUT2D eigenvalue weighted by molar-refractivity contribution is 7.22. The number of fused-ring (bicyclic) bond motifs is 1. The number of aliphatic hydroxyl groups excluding tert-OH is 1. The summed E-state index contributed by atoms with van der Waals surface area (Å²) in [6.45, 7) is 1.95. The smallest absolute Gasteiger partial charge is 0.204 e. The second-order valence-corrected chi connectivity index (χ2v) is 6.18. The van der Waals surface area contributed by atoms with Gasteiger partial charge in [0.2, 0.25) is 5.13 Å². The summed E-state index contributed by atoms with van der Waals surface area (Å²) < 4.78 is 1.07. The van der Waals surface area contributed by atoms with Crippen molar-refractivity contribution in [3.8, 4) is 0 Å². The molecule has 0 saturated heterocycles. The Balaban J connectivity index is 1.74. The number of ketones is 1. The first kappa shape index (κ1) is 13.8. The minimum atomic E-state index is -0.0684. The van der Waals surface area contributed by atoms with Crippen molar-refractivity contribution in [2.45, 2.75) is 19.8 Å². The van der Waals surface area contributed by atoms with Crippen LogP contribution in [0.3, 0.4) is 0 Å². The molecule has 1 aromatic carbocycles. The summed E-state index contributed by atoms with van der Waals surface area (Å²) in [7, 11) is 0. The predicted molar refractivity (Wildman–Crippen MR) is 84.8 cm³/mol. The van der Waals surface area contributed by atoms with Crippen molar-refractivity contribution in [2.75, 3.05) is 5.43 Å². The van der Waals surface area contributed by atoms with Gasteiger partial charge in [0.25, 0.3) is 0 Å². The van der Waals surface area contributed by atoms with Gasteiger partial charge in [0.15, 0.2) is 5.78 Å². The zero-order valence-electron chi connectivity index (χ0n) is 11.5. The van der Waals surface area contributed by atoms with Gasteiger partial charge in [-0.1, -0.05) is 30.4 Å². The van der Waals surface area contributed by atoms with Crippen LogP contribution < -0.4 is 5.43 Å². The highest BCUT2D eigenvalue weighted by Crippen LogP contribution is 2.26. The molecule has 0 spiro atoms. The number of nitrogens with one attached hydrogen (secondary N) is 1. The molecule has 21 heavy (non-hydrogen) atoms. The number of para-hydroxylation sites is 1. The summed E-state index contributed by atoms with van der Waals surface area (Å²) in [4.78, 5) is 16.2. The number of anilines is 1. The number of allylic oxidation sites excluding steroid dienone is 2. The predicted octanol–water partition coefficient (Wildman–Crippen LogP) is 3.51. The quantitative estimate of drug-likeness (QED) is 0.672. The van der Waals surface area contributed by atoms with Crippen molar-refractivity contribution >= 4 is 38.7 Å². The number of hydrogen-bond donors (Lipinski definition) is 2. The van der Waals surface area contributed by atoms with Gasteiger partial charge in [0.05, 0.1) is 22.0 Å². The average molecular weight is 301 g/mol. The number of carbonyl (C=O) groups excluding carboxylic acids is 1. The van der Waals surface area contributed by atoms with E-state index >= 15 is 0 Å². The highest BCUT2D eigenvalue weighted by Gasteiger charge is 2.23. The fourth-order valence-electron chi connectivity index (χ4n) is 2.32. The number of thiazole rings is 1. The van der Waals surface area contributed by atoms with Crippen molar-refractivity contribution in [2.24, 2.45) is 11.0 Å². The summed E-state index contributed by atoms with van der Waals surface area (Å²) in [5.41, 5.74) is 4.01. The maximum atomic E-state index is 11.8. The minimum Gasteiger partial charge on any atom is -0.511 e. The zero-order chi connectivity index (χ0) is 14.8. The van der Waals surface area contributed by atoms with Gasteiger partial charge in [-0.25, -0.2) is 4.98 Å². The zero-order valence-corrected chi connectivity index (χ0v) is 12.4. The van der Waals surface area contributed by atoms with Gasteiger partial charge in [-0.15, -0.1) is 0 Å². The number of nitrogens with zero attached hydrogens (tertiary/aromatic N) is 2. The minimum absolute atomic E-state index is 0.0684. The van der Waals surface area contributed by atoms with Gasteiger partial charge >= 0.3 is 0 Å². The van der Waals surface area contributed by atoms with Crippen molar-refractivity contribution in [1.29, 1.82) is 0 Å². The van der Waals surface area contributed by atoms with E-state index in [2.05, 4.69) is 15.5 Å². The first-order valence-electron chi connectivity index (χ1n) is 6.73. The lowest BCUT2D eigenvalue weighted by Crippen LogP contribution is -2.18. The van der Waals surface area contributed by atoms with E-state index in [9.17, 15) is 9.90 Å². The lowest BCUT2D eigenvalue weighted by atomic mass is 9.89.